The summed E-state index contributed by atoms with van der Waals surface area (Å²) >= 11 is 0. The SMILES string of the molecule is CC(=O)NCC1CN(c2ccc(-c3ccc(CNCCc4cn[nH]n4)cc3)c(F)c2)C(=O)O1. The Kier molecular flexibility index (Phi) is 6.94. The first-order valence-corrected chi connectivity index (χ1v) is 10.7. The summed E-state index contributed by atoms with van der Waals surface area (Å²) in [6.07, 6.45) is 1.46. The number of ether oxygens (including phenoxy) is 1. The van der Waals surface area contributed by atoms with E-state index in [1.54, 1.807) is 18.3 Å². The molecule has 0 saturated carbocycles. The molecule has 1 aliphatic rings. The van der Waals surface area contributed by atoms with E-state index in [0.29, 0.717) is 17.8 Å². The predicted octanol–water partition coefficient (Wildman–Crippen LogP) is 2.40. The highest BCUT2D eigenvalue weighted by atomic mass is 19.1. The first kappa shape index (κ1) is 22.4. The van der Waals surface area contributed by atoms with Crippen molar-refractivity contribution >= 4 is 17.7 Å². The van der Waals surface area contributed by atoms with Crippen LogP contribution in [0.15, 0.2) is 48.7 Å². The fourth-order valence-electron chi connectivity index (χ4n) is 3.60. The number of H-pyrrole nitrogens is 1. The van der Waals surface area contributed by atoms with Gasteiger partial charge in [0.2, 0.25) is 5.91 Å². The molecule has 3 aromatic rings. The maximum absolute atomic E-state index is 14.9. The highest BCUT2D eigenvalue weighted by Gasteiger charge is 2.32. The normalized spacial score (nSPS) is 15.5. The van der Waals surface area contributed by atoms with Crippen LogP contribution in [-0.4, -0.2) is 53.1 Å². The molecule has 1 saturated heterocycles. The van der Waals surface area contributed by atoms with Crippen LogP contribution in [0, 0.1) is 5.82 Å². The molecule has 2 heterocycles. The van der Waals surface area contributed by atoms with Crippen molar-refractivity contribution in [2.75, 3.05) is 24.5 Å². The Morgan fingerprint density at radius 2 is 2.09 bits per heavy atom. The number of anilines is 1. The largest absolute Gasteiger partial charge is 0.442 e. The summed E-state index contributed by atoms with van der Waals surface area (Å²) in [4.78, 5) is 24.6. The van der Waals surface area contributed by atoms with E-state index in [9.17, 15) is 14.0 Å². The van der Waals surface area contributed by atoms with Crippen molar-refractivity contribution in [1.82, 2.24) is 26.0 Å². The molecule has 1 atom stereocenters. The van der Waals surface area contributed by atoms with Crippen molar-refractivity contribution < 1.29 is 18.7 Å². The van der Waals surface area contributed by atoms with Gasteiger partial charge in [-0.15, -0.1) is 0 Å². The monoisotopic (exact) mass is 452 g/mol. The average Bonchev–Trinajstić information content (AvgIpc) is 3.45. The van der Waals surface area contributed by atoms with Crippen molar-refractivity contribution in [2.24, 2.45) is 0 Å². The van der Waals surface area contributed by atoms with Crippen molar-refractivity contribution in [2.45, 2.75) is 26.0 Å². The molecule has 0 radical (unpaired) electrons. The van der Waals surface area contributed by atoms with Gasteiger partial charge in [-0.2, -0.15) is 15.4 Å². The second-order valence-electron chi connectivity index (χ2n) is 7.80. The molecule has 33 heavy (non-hydrogen) atoms. The number of aromatic amines is 1. The van der Waals surface area contributed by atoms with E-state index in [1.807, 2.05) is 24.3 Å². The molecular formula is C23H25FN6O3. The molecule has 1 aromatic heterocycles. The summed E-state index contributed by atoms with van der Waals surface area (Å²) < 4.78 is 20.1. The Morgan fingerprint density at radius 1 is 1.27 bits per heavy atom. The molecule has 2 aromatic carbocycles. The van der Waals surface area contributed by atoms with Gasteiger partial charge in [-0.25, -0.2) is 9.18 Å². The number of aromatic nitrogens is 3. The van der Waals surface area contributed by atoms with Crippen LogP contribution in [0.2, 0.25) is 0 Å². The van der Waals surface area contributed by atoms with Crippen molar-refractivity contribution in [3.05, 3.63) is 65.7 Å². The summed E-state index contributed by atoms with van der Waals surface area (Å²) in [6, 6.07) is 12.3. The van der Waals surface area contributed by atoms with E-state index in [1.165, 1.54) is 17.9 Å². The quantitative estimate of drug-likeness (QED) is 0.430. The summed E-state index contributed by atoms with van der Waals surface area (Å²) in [7, 11) is 0. The third-order valence-electron chi connectivity index (χ3n) is 5.33. The Morgan fingerprint density at radius 3 is 2.79 bits per heavy atom. The molecular weight excluding hydrogens is 427 g/mol. The molecule has 10 heteroatoms. The molecule has 3 N–H and O–H groups in total. The lowest BCUT2D eigenvalue weighted by atomic mass is 10.0. The van der Waals surface area contributed by atoms with Crippen LogP contribution in [0.1, 0.15) is 18.2 Å². The summed E-state index contributed by atoms with van der Waals surface area (Å²) in [5.74, 6) is -0.627. The third-order valence-corrected chi connectivity index (χ3v) is 5.33. The molecule has 2 amide bonds. The smallest absolute Gasteiger partial charge is 0.414 e. The standard InChI is InChI=1S/C23H25FN6O3/c1-15(31)26-13-20-14-30(23(32)33-20)19-6-7-21(22(24)10-19)17-4-2-16(3-5-17)11-25-9-8-18-12-27-29-28-18/h2-7,10,12,20,25H,8-9,11,13-14H2,1H3,(H,26,31)(H,27,28,29). The summed E-state index contributed by atoms with van der Waals surface area (Å²) in [6.45, 7) is 3.33. The minimum atomic E-state index is -0.557. The van der Waals surface area contributed by atoms with Crippen molar-refractivity contribution in [3.63, 3.8) is 0 Å². The molecule has 4 rings (SSSR count). The Hall–Kier alpha value is -3.79. The number of nitrogens with zero attached hydrogens (tertiary/aromatic N) is 3. The maximum Gasteiger partial charge on any atom is 0.414 e. The van der Waals surface area contributed by atoms with Gasteiger partial charge in [-0.3, -0.25) is 9.69 Å². The zero-order chi connectivity index (χ0) is 23.2. The topological polar surface area (TPSA) is 112 Å². The minimum absolute atomic E-state index is 0.201. The zero-order valence-electron chi connectivity index (χ0n) is 18.2. The van der Waals surface area contributed by atoms with Crippen LogP contribution in [0.3, 0.4) is 0 Å². The van der Waals surface area contributed by atoms with Crippen LogP contribution < -0.4 is 15.5 Å². The maximum atomic E-state index is 14.9. The second-order valence-corrected chi connectivity index (χ2v) is 7.80. The van der Waals surface area contributed by atoms with Crippen molar-refractivity contribution in [3.8, 4) is 11.1 Å². The number of nitrogens with one attached hydrogen (secondary N) is 3. The van der Waals surface area contributed by atoms with Gasteiger partial charge in [-0.1, -0.05) is 24.3 Å². The number of rotatable bonds is 9. The number of cyclic esters (lactones) is 1. The van der Waals surface area contributed by atoms with E-state index in [4.69, 9.17) is 4.74 Å². The molecule has 1 fully saturated rings. The van der Waals surface area contributed by atoms with Crippen LogP contribution >= 0.6 is 0 Å². The minimum Gasteiger partial charge on any atom is -0.442 e. The molecule has 9 nitrogen and oxygen atoms in total. The highest BCUT2D eigenvalue weighted by Crippen LogP contribution is 2.29. The van der Waals surface area contributed by atoms with Gasteiger partial charge in [0.05, 0.1) is 30.7 Å². The van der Waals surface area contributed by atoms with Gasteiger partial charge in [0.1, 0.15) is 11.9 Å². The van der Waals surface area contributed by atoms with Gasteiger partial charge >= 0.3 is 6.09 Å². The number of carbonyl (C=O) groups excluding carboxylic acids is 2. The fourth-order valence-corrected chi connectivity index (χ4v) is 3.60. The van der Waals surface area contributed by atoms with Crippen LogP contribution in [0.4, 0.5) is 14.9 Å². The molecule has 0 bridgehead atoms. The average molecular weight is 452 g/mol. The number of amides is 2. The molecule has 0 aliphatic carbocycles. The lowest BCUT2D eigenvalue weighted by Crippen LogP contribution is -2.33. The van der Waals surface area contributed by atoms with E-state index >= 15 is 0 Å². The van der Waals surface area contributed by atoms with Crippen molar-refractivity contribution in [1.29, 1.82) is 0 Å². The van der Waals surface area contributed by atoms with Gasteiger partial charge in [0.25, 0.3) is 0 Å². The van der Waals surface area contributed by atoms with Gasteiger partial charge in [0.15, 0.2) is 0 Å². The number of halogens is 1. The van der Waals surface area contributed by atoms with Gasteiger partial charge in [-0.05, 0) is 29.3 Å². The van der Waals surface area contributed by atoms with Crippen LogP contribution in [0.5, 0.6) is 0 Å². The molecule has 1 unspecified atom stereocenters. The summed E-state index contributed by atoms with van der Waals surface area (Å²) in [5.41, 5.74) is 3.60. The van der Waals surface area contributed by atoms with Gasteiger partial charge < -0.3 is 15.4 Å². The number of carbonyl (C=O) groups is 2. The first-order valence-electron chi connectivity index (χ1n) is 10.7. The molecule has 1 aliphatic heterocycles. The molecule has 172 valence electrons. The summed E-state index contributed by atoms with van der Waals surface area (Å²) in [5, 5.41) is 16.3. The Bertz CT molecular complexity index is 1100. The van der Waals surface area contributed by atoms with Crippen LogP contribution in [0.25, 0.3) is 11.1 Å². The number of hydrogen-bond donors (Lipinski definition) is 3. The van der Waals surface area contributed by atoms with E-state index in [0.717, 1.165) is 29.8 Å². The van der Waals surface area contributed by atoms with E-state index in [2.05, 4.69) is 26.0 Å². The second kappa shape index (κ2) is 10.2. The van der Waals surface area contributed by atoms with Crippen LogP contribution in [-0.2, 0) is 22.5 Å². The Labute approximate surface area is 190 Å². The van der Waals surface area contributed by atoms with E-state index in [-0.39, 0.29) is 19.0 Å². The zero-order valence-corrected chi connectivity index (χ0v) is 18.2. The molecule has 0 spiro atoms. The number of hydrogen-bond acceptors (Lipinski definition) is 6. The third kappa shape index (κ3) is 5.72. The predicted molar refractivity (Wildman–Crippen MR) is 120 cm³/mol. The fraction of sp³-hybridized carbons (Fsp3) is 0.304. The van der Waals surface area contributed by atoms with E-state index < -0.39 is 18.0 Å². The first-order chi connectivity index (χ1) is 16.0. The number of benzene rings is 2. The lowest BCUT2D eigenvalue weighted by molar-refractivity contribution is -0.119. The van der Waals surface area contributed by atoms with Gasteiger partial charge in [0, 0.05) is 32.0 Å². The lowest BCUT2D eigenvalue weighted by Gasteiger charge is -2.15. The Balaban J connectivity index is 1.34. The highest BCUT2D eigenvalue weighted by molar-refractivity contribution is 5.90.